The summed E-state index contributed by atoms with van der Waals surface area (Å²) in [6, 6.07) is 0. The maximum absolute atomic E-state index is 12.3. The molecule has 1 rings (SSSR count). The number of carboxylic acid groups (broad SMARTS) is 1. The summed E-state index contributed by atoms with van der Waals surface area (Å²) in [4.78, 5) is 21.4. The Kier molecular flexibility index (Phi) is 4.27. The predicted octanol–water partition coefficient (Wildman–Crippen LogP) is -1.41. The van der Waals surface area contributed by atoms with Gasteiger partial charge < -0.3 is 10.8 Å². The number of nitrogens with one attached hydrogen (secondary N) is 1. The number of hydrogen-bond acceptors (Lipinski definition) is 5. The molecule has 0 unspecified atom stereocenters. The highest BCUT2D eigenvalue weighted by Gasteiger charge is 2.32. The number of nitrogens with zero attached hydrogens (tertiary/aromatic N) is 2. The number of nitrogens with two attached hydrogens (primary N) is 1. The average molecular weight is 290 g/mol. The molecular formula is C9H14N4O5S. The number of rotatable bonds is 6. The van der Waals surface area contributed by atoms with Crippen molar-refractivity contribution >= 4 is 21.9 Å². The molecule has 0 radical (unpaired) electrons. The van der Waals surface area contributed by atoms with Crippen LogP contribution < -0.4 is 5.73 Å². The van der Waals surface area contributed by atoms with Crippen molar-refractivity contribution in [3.63, 3.8) is 0 Å². The summed E-state index contributed by atoms with van der Waals surface area (Å²) in [7, 11) is -4.15. The first-order chi connectivity index (χ1) is 8.66. The van der Waals surface area contributed by atoms with Crippen molar-refractivity contribution in [3.8, 4) is 0 Å². The van der Waals surface area contributed by atoms with Gasteiger partial charge in [0.1, 0.15) is 11.4 Å². The third-order valence-corrected chi connectivity index (χ3v) is 4.36. The zero-order chi connectivity index (χ0) is 14.8. The number of aromatic nitrogens is 2. The lowest BCUT2D eigenvalue weighted by Crippen LogP contribution is -2.41. The molecule has 1 amide bonds. The monoisotopic (exact) mass is 290 g/mol. The van der Waals surface area contributed by atoms with Crippen LogP contribution in [0.4, 0.5) is 0 Å². The standard InChI is InChI=1S/C9H14N4O5S/c1-5-9(6(2)12-11-5)19(17,18)13(3-7(10)14)4-8(15)16/h3-4H2,1-2H3,(H2,10,14)(H,11,12)(H,15,16). The Morgan fingerprint density at radius 2 is 1.95 bits per heavy atom. The van der Waals surface area contributed by atoms with E-state index < -0.39 is 35.0 Å². The van der Waals surface area contributed by atoms with Crippen LogP contribution in [0.25, 0.3) is 0 Å². The molecule has 0 bridgehead atoms. The number of carbonyl (C=O) groups is 2. The lowest BCUT2D eigenvalue weighted by molar-refractivity contribution is -0.137. The molecule has 1 aromatic heterocycles. The van der Waals surface area contributed by atoms with Crippen LogP contribution in [0.3, 0.4) is 0 Å². The topological polar surface area (TPSA) is 146 Å². The summed E-state index contributed by atoms with van der Waals surface area (Å²) in [5.74, 6) is -2.33. The van der Waals surface area contributed by atoms with Crippen molar-refractivity contribution in [2.45, 2.75) is 18.7 Å². The molecule has 0 fully saturated rings. The average Bonchev–Trinajstić information content (AvgIpc) is 2.56. The number of primary amides is 1. The summed E-state index contributed by atoms with van der Waals surface area (Å²) < 4.78 is 25.1. The lowest BCUT2D eigenvalue weighted by atomic mass is 10.4. The van der Waals surface area contributed by atoms with E-state index in [4.69, 9.17) is 10.8 Å². The van der Waals surface area contributed by atoms with Gasteiger partial charge in [0.15, 0.2) is 0 Å². The zero-order valence-electron chi connectivity index (χ0n) is 10.4. The first kappa shape index (κ1) is 15.1. The van der Waals surface area contributed by atoms with E-state index in [2.05, 4.69) is 10.2 Å². The Hall–Kier alpha value is -1.94. The van der Waals surface area contributed by atoms with E-state index in [0.717, 1.165) is 0 Å². The molecule has 19 heavy (non-hydrogen) atoms. The molecule has 10 heteroatoms. The molecule has 0 saturated heterocycles. The van der Waals surface area contributed by atoms with Crippen molar-refractivity contribution in [1.29, 1.82) is 0 Å². The number of hydrogen-bond donors (Lipinski definition) is 3. The van der Waals surface area contributed by atoms with Gasteiger partial charge in [-0.15, -0.1) is 0 Å². The zero-order valence-corrected chi connectivity index (χ0v) is 11.2. The van der Waals surface area contributed by atoms with E-state index in [-0.39, 0.29) is 16.3 Å². The highest BCUT2D eigenvalue weighted by molar-refractivity contribution is 7.89. The smallest absolute Gasteiger partial charge is 0.318 e. The van der Waals surface area contributed by atoms with Gasteiger partial charge >= 0.3 is 5.97 Å². The van der Waals surface area contributed by atoms with Gasteiger partial charge in [0, 0.05) is 0 Å². The summed E-state index contributed by atoms with van der Waals surface area (Å²) in [5.41, 5.74) is 5.39. The van der Waals surface area contributed by atoms with E-state index >= 15 is 0 Å². The number of amides is 1. The van der Waals surface area contributed by atoms with Crippen molar-refractivity contribution in [2.75, 3.05) is 13.1 Å². The molecule has 106 valence electrons. The first-order valence-electron chi connectivity index (χ1n) is 5.18. The molecular weight excluding hydrogens is 276 g/mol. The largest absolute Gasteiger partial charge is 0.480 e. The second kappa shape index (κ2) is 5.36. The summed E-state index contributed by atoms with van der Waals surface area (Å²) in [6.45, 7) is 1.38. The maximum Gasteiger partial charge on any atom is 0.318 e. The molecule has 0 saturated carbocycles. The van der Waals surface area contributed by atoms with Crippen LogP contribution in [0.5, 0.6) is 0 Å². The van der Waals surface area contributed by atoms with Crippen LogP contribution in [0.15, 0.2) is 4.90 Å². The van der Waals surface area contributed by atoms with Gasteiger partial charge in [-0.1, -0.05) is 0 Å². The third kappa shape index (κ3) is 3.29. The van der Waals surface area contributed by atoms with E-state index in [1.807, 2.05) is 0 Å². The molecule has 1 heterocycles. The predicted molar refractivity (Wildman–Crippen MR) is 63.7 cm³/mol. The number of aryl methyl sites for hydroxylation is 2. The highest BCUT2D eigenvalue weighted by Crippen LogP contribution is 2.21. The molecule has 0 atom stereocenters. The van der Waals surface area contributed by atoms with Gasteiger partial charge in [-0.05, 0) is 13.8 Å². The fraction of sp³-hybridized carbons (Fsp3) is 0.444. The molecule has 0 aromatic carbocycles. The maximum atomic E-state index is 12.3. The number of aliphatic carboxylic acids is 1. The Balaban J connectivity index is 3.27. The highest BCUT2D eigenvalue weighted by atomic mass is 32.2. The van der Waals surface area contributed by atoms with Crippen LogP contribution in [0.1, 0.15) is 11.4 Å². The normalized spacial score (nSPS) is 11.7. The van der Waals surface area contributed by atoms with Gasteiger partial charge in [-0.2, -0.15) is 9.40 Å². The molecule has 4 N–H and O–H groups in total. The van der Waals surface area contributed by atoms with Gasteiger partial charge in [0.25, 0.3) is 0 Å². The number of carboxylic acids is 1. The van der Waals surface area contributed by atoms with E-state index in [1.165, 1.54) is 13.8 Å². The third-order valence-electron chi connectivity index (χ3n) is 2.30. The Labute approximate surface area is 109 Å². The van der Waals surface area contributed by atoms with Crippen LogP contribution in [0.2, 0.25) is 0 Å². The summed E-state index contributed by atoms with van der Waals surface area (Å²) in [5, 5.41) is 14.9. The minimum atomic E-state index is -4.15. The van der Waals surface area contributed by atoms with Crippen molar-refractivity contribution in [1.82, 2.24) is 14.5 Å². The first-order valence-corrected chi connectivity index (χ1v) is 6.62. The molecule has 0 aliphatic carbocycles. The Bertz CT molecular complexity index is 571. The van der Waals surface area contributed by atoms with Crippen LogP contribution in [-0.4, -0.2) is 53.0 Å². The minimum Gasteiger partial charge on any atom is -0.480 e. The van der Waals surface area contributed by atoms with E-state index in [1.54, 1.807) is 0 Å². The van der Waals surface area contributed by atoms with Crippen LogP contribution >= 0.6 is 0 Å². The second-order valence-electron chi connectivity index (χ2n) is 3.90. The van der Waals surface area contributed by atoms with Gasteiger partial charge in [0.2, 0.25) is 15.9 Å². The van der Waals surface area contributed by atoms with Gasteiger partial charge in [-0.25, -0.2) is 8.42 Å². The fourth-order valence-corrected chi connectivity index (χ4v) is 3.29. The van der Waals surface area contributed by atoms with Crippen LogP contribution in [0, 0.1) is 13.8 Å². The summed E-state index contributed by atoms with van der Waals surface area (Å²) in [6.07, 6.45) is 0. The van der Waals surface area contributed by atoms with Crippen molar-refractivity contribution in [2.24, 2.45) is 5.73 Å². The summed E-state index contributed by atoms with van der Waals surface area (Å²) >= 11 is 0. The molecule has 0 aliphatic rings. The van der Waals surface area contributed by atoms with E-state index in [9.17, 15) is 18.0 Å². The van der Waals surface area contributed by atoms with Gasteiger partial charge in [-0.3, -0.25) is 14.7 Å². The van der Waals surface area contributed by atoms with Crippen LogP contribution in [-0.2, 0) is 19.6 Å². The molecule has 0 aliphatic heterocycles. The molecule has 9 nitrogen and oxygen atoms in total. The number of carbonyl (C=O) groups excluding carboxylic acids is 1. The number of aromatic amines is 1. The Morgan fingerprint density at radius 3 is 2.32 bits per heavy atom. The minimum absolute atomic E-state index is 0.144. The fourth-order valence-electron chi connectivity index (χ4n) is 1.60. The van der Waals surface area contributed by atoms with Crippen molar-refractivity contribution in [3.05, 3.63) is 11.4 Å². The SMILES string of the molecule is Cc1n[nH]c(C)c1S(=O)(=O)N(CC(N)=O)CC(=O)O. The Morgan fingerprint density at radius 1 is 1.37 bits per heavy atom. The number of H-pyrrole nitrogens is 1. The van der Waals surface area contributed by atoms with Crippen molar-refractivity contribution < 1.29 is 23.1 Å². The molecule has 1 aromatic rings. The molecule has 0 spiro atoms. The van der Waals surface area contributed by atoms with E-state index in [0.29, 0.717) is 4.31 Å². The van der Waals surface area contributed by atoms with Gasteiger partial charge in [0.05, 0.1) is 17.9 Å². The lowest BCUT2D eigenvalue weighted by Gasteiger charge is -2.18. The quantitative estimate of drug-likeness (QED) is 0.586. The second-order valence-corrected chi connectivity index (χ2v) is 5.77. The number of sulfonamides is 1.